The lowest BCUT2D eigenvalue weighted by Gasteiger charge is -2.30. The second kappa shape index (κ2) is 18.4. The second-order valence-electron chi connectivity index (χ2n) is 17.6. The van der Waals surface area contributed by atoms with Gasteiger partial charge in [-0.2, -0.15) is 0 Å². The molecule has 4 aliphatic rings. The molecule has 8 rings (SSSR count). The summed E-state index contributed by atoms with van der Waals surface area (Å²) in [5.41, 5.74) is 1.89. The molecule has 61 heavy (non-hydrogen) atoms. The fraction of sp³-hybridized carbons (Fsp3) is 0.543. The molecule has 5 heterocycles. The normalized spacial score (nSPS) is 26.5. The van der Waals surface area contributed by atoms with Crippen LogP contribution in [-0.4, -0.2) is 80.5 Å². The van der Waals surface area contributed by atoms with Crippen molar-refractivity contribution in [2.75, 3.05) is 19.0 Å². The Labute approximate surface area is 361 Å². The SMILES string of the molecule is COc1ccc2c(O[C@@H]3C[C@H]4C(=O)C[C@]5(P(=O)(O)Cc6ccco6)C[C@@H]5/C=C\CCCCC[C@H](CC(=O)OC5CCCC5)C(=O)N4C3)cc(-c3csc(NC(C)C)n3)nc2c1. The maximum atomic E-state index is 14.9. The highest BCUT2D eigenvalue weighted by atomic mass is 32.1. The zero-order valence-electron chi connectivity index (χ0n) is 35.3. The van der Waals surface area contributed by atoms with Crippen molar-refractivity contribution in [2.24, 2.45) is 11.8 Å². The van der Waals surface area contributed by atoms with E-state index in [0.717, 1.165) is 61.9 Å². The first-order valence-corrected chi connectivity index (χ1v) is 24.6. The lowest BCUT2D eigenvalue weighted by atomic mass is 9.94. The number of amides is 1. The van der Waals surface area contributed by atoms with Crippen LogP contribution >= 0.6 is 18.7 Å². The number of methoxy groups -OCH3 is 1. The van der Waals surface area contributed by atoms with Crippen LogP contribution in [0.1, 0.15) is 103 Å². The van der Waals surface area contributed by atoms with Crippen molar-refractivity contribution in [3.8, 4) is 22.9 Å². The van der Waals surface area contributed by atoms with Gasteiger partial charge in [0.1, 0.15) is 35.2 Å². The van der Waals surface area contributed by atoms with E-state index < -0.39 is 30.6 Å². The molecule has 2 saturated carbocycles. The standard InChI is InChI=1S/C46H57N4O9PS/c1-29(2)47-45-49-39(28-61-45)38-23-42(36-18-17-33(56-3)21-37(36)48-38)58-35-22-40-41(51)25-46(60(54,55)27-34-16-11-19-57-34)24-31(46)13-8-6-4-5-7-12-30(44(53)50(40)26-35)20-43(52)59-32-14-9-10-15-32/h8,11,13,16-19,21,23,28-32,35,40H,4-7,9-10,12,14-15,20,22,24-27H2,1-3H3,(H,47,49)(H,54,55)/b13-8-/t30-,31+,35-,40+,46-/m1/s1. The summed E-state index contributed by atoms with van der Waals surface area (Å²) >= 11 is 1.48. The zero-order valence-corrected chi connectivity index (χ0v) is 37.0. The molecule has 1 unspecified atom stereocenters. The van der Waals surface area contributed by atoms with Gasteiger partial charge in [-0.15, -0.1) is 11.3 Å². The number of ether oxygens (including phenoxy) is 3. The third-order valence-corrected chi connectivity index (χ3v) is 16.3. The number of anilines is 1. The summed E-state index contributed by atoms with van der Waals surface area (Å²) < 4.78 is 38.2. The average Bonchev–Trinajstić information content (AvgIpc) is 3.86. The van der Waals surface area contributed by atoms with Crippen molar-refractivity contribution in [1.82, 2.24) is 14.9 Å². The van der Waals surface area contributed by atoms with Crippen LogP contribution in [0.15, 0.2) is 64.6 Å². The number of carbonyl (C=O) groups excluding carboxylic acids is 3. The molecular weight excluding hydrogens is 816 g/mol. The Morgan fingerprint density at radius 1 is 1.07 bits per heavy atom. The number of rotatable bonds is 12. The third kappa shape index (κ3) is 9.76. The van der Waals surface area contributed by atoms with Crippen LogP contribution in [0.5, 0.6) is 11.5 Å². The number of thiazole rings is 1. The number of benzene rings is 1. The molecule has 1 aromatic carbocycles. The number of pyridine rings is 1. The van der Waals surface area contributed by atoms with Crippen molar-refractivity contribution < 1.29 is 42.5 Å². The van der Waals surface area contributed by atoms with E-state index in [2.05, 4.69) is 11.4 Å². The van der Waals surface area contributed by atoms with Crippen molar-refractivity contribution in [1.29, 1.82) is 0 Å². The lowest BCUT2D eigenvalue weighted by molar-refractivity contribution is -0.154. The van der Waals surface area contributed by atoms with Gasteiger partial charge < -0.3 is 33.7 Å². The second-order valence-corrected chi connectivity index (χ2v) is 21.0. The van der Waals surface area contributed by atoms with E-state index in [1.54, 1.807) is 24.1 Å². The minimum atomic E-state index is -4.00. The molecule has 4 aromatic rings. The van der Waals surface area contributed by atoms with Crippen LogP contribution < -0.4 is 14.8 Å². The van der Waals surface area contributed by atoms with Crippen molar-refractivity contribution in [3.63, 3.8) is 0 Å². The number of nitrogens with one attached hydrogen (secondary N) is 1. The number of aromatic nitrogens is 2. The van der Waals surface area contributed by atoms with Crippen molar-refractivity contribution in [3.05, 3.63) is 66.0 Å². The van der Waals surface area contributed by atoms with E-state index in [9.17, 15) is 23.8 Å². The topological polar surface area (TPSA) is 170 Å². The van der Waals surface area contributed by atoms with Crippen molar-refractivity contribution >= 4 is 52.4 Å². The van der Waals surface area contributed by atoms with Gasteiger partial charge in [-0.3, -0.25) is 18.9 Å². The summed E-state index contributed by atoms with van der Waals surface area (Å²) in [5.74, 6) is -0.383. The Kier molecular flexibility index (Phi) is 13.0. The predicted molar refractivity (Wildman–Crippen MR) is 234 cm³/mol. The van der Waals surface area contributed by atoms with Crippen LogP contribution in [0.25, 0.3) is 22.3 Å². The Morgan fingerprint density at radius 2 is 1.89 bits per heavy atom. The van der Waals surface area contributed by atoms with Crippen LogP contribution in [0.3, 0.4) is 0 Å². The molecule has 15 heteroatoms. The lowest BCUT2D eigenvalue weighted by Crippen LogP contribution is -2.45. The van der Waals surface area contributed by atoms with E-state index in [1.165, 1.54) is 17.6 Å². The molecule has 1 saturated heterocycles. The number of fused-ring (bicyclic) bond motifs is 3. The quantitative estimate of drug-likeness (QED) is 0.0787. The van der Waals surface area contributed by atoms with Gasteiger partial charge in [-0.1, -0.05) is 25.0 Å². The predicted octanol–water partition coefficient (Wildman–Crippen LogP) is 9.33. The monoisotopic (exact) mass is 872 g/mol. The maximum Gasteiger partial charge on any atom is 0.306 e. The highest BCUT2D eigenvalue weighted by molar-refractivity contribution is 7.59. The fourth-order valence-corrected chi connectivity index (χ4v) is 12.7. The van der Waals surface area contributed by atoms with Gasteiger partial charge in [0.2, 0.25) is 13.3 Å². The molecule has 2 N–H and O–H groups in total. The van der Waals surface area contributed by atoms with E-state index >= 15 is 0 Å². The number of furan rings is 1. The smallest absolute Gasteiger partial charge is 0.306 e. The summed E-state index contributed by atoms with van der Waals surface area (Å²) in [6.45, 7) is 4.19. The number of hydrogen-bond acceptors (Lipinski definition) is 12. The van der Waals surface area contributed by atoms with Gasteiger partial charge in [-0.05, 0) is 95.4 Å². The number of Topliss-reactive ketones (excluding diaryl/α,β-unsaturated/α-hetero) is 1. The molecule has 2 aliphatic carbocycles. The van der Waals surface area contributed by atoms with Crippen LogP contribution in [0.2, 0.25) is 0 Å². The van der Waals surface area contributed by atoms with Crippen LogP contribution in [-0.2, 0) is 29.8 Å². The number of nitrogens with zero attached hydrogens (tertiary/aromatic N) is 3. The number of carbonyl (C=O) groups is 3. The van der Waals surface area contributed by atoms with E-state index in [0.29, 0.717) is 47.0 Å². The molecule has 326 valence electrons. The number of allylic oxidation sites excluding steroid dienone is 2. The first-order valence-electron chi connectivity index (χ1n) is 21.8. The van der Waals surface area contributed by atoms with Gasteiger partial charge >= 0.3 is 5.97 Å². The van der Waals surface area contributed by atoms with E-state index in [1.807, 2.05) is 49.6 Å². The largest absolute Gasteiger partial charge is 0.497 e. The summed E-state index contributed by atoms with van der Waals surface area (Å²) in [6.07, 6.45) is 12.3. The summed E-state index contributed by atoms with van der Waals surface area (Å²) in [5, 5.41) is 5.59. The Balaban J connectivity index is 1.13. The Hall–Kier alpha value is -4.52. The molecule has 0 spiro atoms. The van der Waals surface area contributed by atoms with E-state index in [4.69, 9.17) is 28.6 Å². The molecule has 1 amide bonds. The zero-order chi connectivity index (χ0) is 42.7. The molecule has 0 radical (unpaired) electrons. The summed E-state index contributed by atoms with van der Waals surface area (Å²) in [4.78, 5) is 66.3. The highest BCUT2D eigenvalue weighted by Crippen LogP contribution is 2.74. The van der Waals surface area contributed by atoms with Crippen LogP contribution in [0, 0.1) is 11.8 Å². The van der Waals surface area contributed by atoms with Gasteiger partial charge in [-0.25, -0.2) is 9.97 Å². The average molecular weight is 873 g/mol. The molecule has 2 aliphatic heterocycles. The molecular formula is C46H57N4O9PS. The summed E-state index contributed by atoms with van der Waals surface area (Å²) in [6, 6.07) is 10.0. The van der Waals surface area contributed by atoms with Gasteiger partial charge in [0, 0.05) is 47.7 Å². The minimum absolute atomic E-state index is 0.0688. The van der Waals surface area contributed by atoms with E-state index in [-0.39, 0.29) is 67.7 Å². The first-order chi connectivity index (χ1) is 29.4. The van der Waals surface area contributed by atoms with Gasteiger partial charge in [0.05, 0.1) is 54.9 Å². The van der Waals surface area contributed by atoms with Crippen molar-refractivity contribution in [2.45, 2.75) is 133 Å². The van der Waals surface area contributed by atoms with Crippen LogP contribution in [0.4, 0.5) is 5.13 Å². The molecule has 13 nitrogen and oxygen atoms in total. The minimum Gasteiger partial charge on any atom is -0.497 e. The Bertz CT molecular complexity index is 2290. The highest BCUT2D eigenvalue weighted by Gasteiger charge is 2.65. The Morgan fingerprint density at radius 3 is 2.66 bits per heavy atom. The number of hydrogen-bond donors (Lipinski definition) is 2. The molecule has 3 aromatic heterocycles. The van der Waals surface area contributed by atoms with Gasteiger partial charge in [0.15, 0.2) is 10.9 Å². The summed E-state index contributed by atoms with van der Waals surface area (Å²) in [7, 11) is -2.40. The molecule has 0 bridgehead atoms. The fourth-order valence-electron chi connectivity index (χ4n) is 9.42. The number of ketones is 1. The maximum absolute atomic E-state index is 14.9. The molecule has 6 atom stereocenters. The molecule has 3 fully saturated rings. The number of esters is 1. The van der Waals surface area contributed by atoms with Gasteiger partial charge in [0.25, 0.3) is 0 Å². The third-order valence-electron chi connectivity index (χ3n) is 12.8. The first kappa shape index (κ1) is 43.1.